The number of nitrogens with one attached hydrogen (secondary N) is 2. The maximum absolute atomic E-state index is 12.2. The molecule has 2 aromatic carbocycles. The number of nitrogens with two attached hydrogens (primary N) is 1. The van der Waals surface area contributed by atoms with Gasteiger partial charge < -0.3 is 20.3 Å². The molecule has 140 valence electrons. The van der Waals surface area contributed by atoms with Crippen molar-refractivity contribution in [1.82, 2.24) is 4.72 Å². The monoisotopic (exact) mass is 379 g/mol. The number of nitrogen functional groups attached to an aromatic ring is 1. The Balaban J connectivity index is 1.81. The number of methoxy groups -OCH3 is 1. The summed E-state index contributed by atoms with van der Waals surface area (Å²) in [6.07, 6.45) is 0.454. The molecule has 0 heterocycles. The average Bonchev–Trinajstić information content (AvgIpc) is 2.61. The number of ether oxygens (including phenoxy) is 2. The Labute approximate surface area is 152 Å². The Kier molecular flexibility index (Phi) is 6.42. The first kappa shape index (κ1) is 19.5. The van der Waals surface area contributed by atoms with Crippen LogP contribution in [0.25, 0.3) is 0 Å². The summed E-state index contributed by atoms with van der Waals surface area (Å²) in [4.78, 5) is -0.0449. The molecule has 0 spiro atoms. The predicted octanol–water partition coefficient (Wildman–Crippen LogP) is 1.43. The van der Waals surface area contributed by atoms with Gasteiger partial charge in [0.05, 0.1) is 18.6 Å². The smallest absolute Gasteiger partial charge is 0.240 e. The molecule has 2 aromatic rings. The molecule has 0 bridgehead atoms. The molecule has 0 aromatic heterocycles. The molecule has 0 saturated heterocycles. The van der Waals surface area contributed by atoms with E-state index in [0.717, 1.165) is 6.07 Å². The second kappa shape index (κ2) is 8.54. The molecule has 0 fully saturated rings. The lowest BCUT2D eigenvalue weighted by atomic mass is 10.2. The Morgan fingerprint density at radius 2 is 1.92 bits per heavy atom. The van der Waals surface area contributed by atoms with Crippen molar-refractivity contribution in [2.24, 2.45) is 5.73 Å². The molecular weight excluding hydrogens is 358 g/mol. The number of sulfonamides is 1. The molecule has 0 aliphatic carbocycles. The molecule has 9 heteroatoms. The van der Waals surface area contributed by atoms with Crippen LogP contribution in [-0.4, -0.2) is 39.6 Å². The van der Waals surface area contributed by atoms with Crippen molar-refractivity contribution >= 4 is 15.9 Å². The summed E-state index contributed by atoms with van der Waals surface area (Å²) < 4.78 is 37.2. The zero-order valence-electron chi connectivity index (χ0n) is 14.2. The number of amidine groups is 1. The van der Waals surface area contributed by atoms with Gasteiger partial charge >= 0.3 is 0 Å². The van der Waals surface area contributed by atoms with Crippen molar-refractivity contribution in [3.63, 3.8) is 0 Å². The summed E-state index contributed by atoms with van der Waals surface area (Å²) >= 11 is 0. The minimum absolute atomic E-state index is 0.0180. The first-order chi connectivity index (χ1) is 12.3. The van der Waals surface area contributed by atoms with Crippen molar-refractivity contribution in [1.29, 1.82) is 5.41 Å². The SMILES string of the molecule is COc1ccc(S(=O)(=O)NCCCOc2ccc(C(=N)N)cc2)cc1O. The lowest BCUT2D eigenvalue weighted by Crippen LogP contribution is -2.25. The lowest BCUT2D eigenvalue weighted by Gasteiger charge is -2.10. The topological polar surface area (TPSA) is 135 Å². The van der Waals surface area contributed by atoms with E-state index < -0.39 is 10.0 Å². The number of hydrogen-bond acceptors (Lipinski definition) is 6. The highest BCUT2D eigenvalue weighted by Crippen LogP contribution is 2.28. The number of rotatable bonds is 9. The summed E-state index contributed by atoms with van der Waals surface area (Å²) in [7, 11) is -2.34. The lowest BCUT2D eigenvalue weighted by molar-refractivity contribution is 0.311. The van der Waals surface area contributed by atoms with Gasteiger partial charge in [-0.1, -0.05) is 0 Å². The van der Waals surface area contributed by atoms with Crippen LogP contribution in [0, 0.1) is 5.41 Å². The van der Waals surface area contributed by atoms with Gasteiger partial charge in [0, 0.05) is 18.2 Å². The highest BCUT2D eigenvalue weighted by molar-refractivity contribution is 7.89. The van der Waals surface area contributed by atoms with E-state index in [1.54, 1.807) is 24.3 Å². The zero-order chi connectivity index (χ0) is 19.2. The Bertz CT molecular complexity index is 866. The van der Waals surface area contributed by atoms with Crippen LogP contribution in [0.2, 0.25) is 0 Å². The van der Waals surface area contributed by atoms with E-state index in [0.29, 0.717) is 24.3 Å². The molecular formula is C17H21N3O5S. The quantitative estimate of drug-likeness (QED) is 0.296. The molecule has 26 heavy (non-hydrogen) atoms. The molecule has 0 saturated carbocycles. The predicted molar refractivity (Wildman–Crippen MR) is 97.4 cm³/mol. The largest absolute Gasteiger partial charge is 0.504 e. The van der Waals surface area contributed by atoms with Crippen molar-refractivity contribution in [2.45, 2.75) is 11.3 Å². The molecule has 8 nitrogen and oxygen atoms in total. The van der Waals surface area contributed by atoms with E-state index in [1.807, 2.05) is 0 Å². The minimum atomic E-state index is -3.73. The molecule has 0 atom stereocenters. The van der Waals surface area contributed by atoms with Crippen LogP contribution in [0.5, 0.6) is 17.2 Å². The van der Waals surface area contributed by atoms with E-state index >= 15 is 0 Å². The highest BCUT2D eigenvalue weighted by atomic mass is 32.2. The Hall–Kier alpha value is -2.78. The highest BCUT2D eigenvalue weighted by Gasteiger charge is 2.15. The van der Waals surface area contributed by atoms with Crippen molar-refractivity contribution in [2.75, 3.05) is 20.3 Å². The van der Waals surface area contributed by atoms with Crippen LogP contribution >= 0.6 is 0 Å². The van der Waals surface area contributed by atoms with Gasteiger partial charge in [0.2, 0.25) is 10.0 Å². The van der Waals surface area contributed by atoms with Crippen molar-refractivity contribution in [3.8, 4) is 17.2 Å². The first-order valence-corrected chi connectivity index (χ1v) is 9.26. The molecule has 0 radical (unpaired) electrons. The fourth-order valence-electron chi connectivity index (χ4n) is 2.12. The van der Waals surface area contributed by atoms with E-state index in [1.165, 1.54) is 19.2 Å². The maximum Gasteiger partial charge on any atom is 0.240 e. The third-order valence-electron chi connectivity index (χ3n) is 3.51. The van der Waals surface area contributed by atoms with E-state index in [4.69, 9.17) is 20.6 Å². The molecule has 2 rings (SSSR count). The van der Waals surface area contributed by atoms with E-state index in [9.17, 15) is 13.5 Å². The van der Waals surface area contributed by atoms with Crippen molar-refractivity contribution < 1.29 is 23.0 Å². The second-order valence-electron chi connectivity index (χ2n) is 5.37. The van der Waals surface area contributed by atoms with Gasteiger partial charge in [0.25, 0.3) is 0 Å². The first-order valence-electron chi connectivity index (χ1n) is 7.77. The van der Waals surface area contributed by atoms with E-state index in [2.05, 4.69) is 4.72 Å². The van der Waals surface area contributed by atoms with Gasteiger partial charge in [-0.2, -0.15) is 0 Å². The molecule has 0 aliphatic rings. The maximum atomic E-state index is 12.2. The number of phenolic OH excluding ortho intramolecular Hbond substituents is 1. The van der Waals surface area contributed by atoms with Gasteiger partial charge in [-0.3, -0.25) is 5.41 Å². The van der Waals surface area contributed by atoms with Crippen LogP contribution in [0.15, 0.2) is 47.4 Å². The fourth-order valence-corrected chi connectivity index (χ4v) is 3.21. The normalized spacial score (nSPS) is 11.1. The number of benzene rings is 2. The summed E-state index contributed by atoms with van der Waals surface area (Å²) in [5.41, 5.74) is 5.98. The average molecular weight is 379 g/mol. The number of phenols is 1. The van der Waals surface area contributed by atoms with Gasteiger partial charge in [-0.25, -0.2) is 13.1 Å². The molecule has 0 aliphatic heterocycles. The van der Waals surface area contributed by atoms with Crippen LogP contribution in [0.4, 0.5) is 0 Å². The summed E-state index contributed by atoms with van der Waals surface area (Å²) in [5, 5.41) is 17.0. The fraction of sp³-hybridized carbons (Fsp3) is 0.235. The van der Waals surface area contributed by atoms with Crippen LogP contribution < -0.4 is 19.9 Å². The number of aromatic hydroxyl groups is 1. The second-order valence-corrected chi connectivity index (χ2v) is 7.14. The third-order valence-corrected chi connectivity index (χ3v) is 4.97. The standard InChI is InChI=1S/C17H21N3O5S/c1-24-16-8-7-14(11-15(16)21)26(22,23)20-9-2-10-25-13-5-3-12(4-6-13)17(18)19/h3-8,11,20-21H,2,9-10H2,1H3,(H3,18,19). The van der Waals surface area contributed by atoms with Gasteiger partial charge in [0.15, 0.2) is 11.5 Å². The third kappa shape index (κ3) is 5.11. The van der Waals surface area contributed by atoms with Gasteiger partial charge in [-0.05, 0) is 42.8 Å². The van der Waals surface area contributed by atoms with Gasteiger partial charge in [-0.15, -0.1) is 0 Å². The summed E-state index contributed by atoms with van der Waals surface area (Å²) in [5.74, 6) is 0.550. The number of hydrogen-bond donors (Lipinski definition) is 4. The molecule has 0 unspecified atom stereocenters. The Morgan fingerprint density at radius 1 is 1.23 bits per heavy atom. The molecule has 5 N–H and O–H groups in total. The summed E-state index contributed by atoms with van der Waals surface area (Å²) in [6.45, 7) is 0.496. The van der Waals surface area contributed by atoms with Crippen LogP contribution in [-0.2, 0) is 10.0 Å². The van der Waals surface area contributed by atoms with Gasteiger partial charge in [0.1, 0.15) is 11.6 Å². The van der Waals surface area contributed by atoms with E-state index in [-0.39, 0.29) is 28.8 Å². The molecule has 0 amide bonds. The zero-order valence-corrected chi connectivity index (χ0v) is 15.0. The van der Waals surface area contributed by atoms with Crippen LogP contribution in [0.1, 0.15) is 12.0 Å². The summed E-state index contributed by atoms with van der Waals surface area (Å²) in [6, 6.07) is 10.6. The van der Waals surface area contributed by atoms with Crippen LogP contribution in [0.3, 0.4) is 0 Å². The van der Waals surface area contributed by atoms with Crippen molar-refractivity contribution in [3.05, 3.63) is 48.0 Å². The Morgan fingerprint density at radius 3 is 2.50 bits per heavy atom. The minimum Gasteiger partial charge on any atom is -0.504 e.